The maximum absolute atomic E-state index is 12.8. The second-order valence-electron chi connectivity index (χ2n) is 6.20. The average Bonchev–Trinajstić information content (AvgIpc) is 3.13. The molecule has 0 aliphatic rings. The zero-order valence-electron chi connectivity index (χ0n) is 15.1. The largest absolute Gasteiger partial charge is 0.497 e. The fourth-order valence-electron chi connectivity index (χ4n) is 2.79. The molecule has 1 amide bonds. The number of rotatable bonds is 6. The van der Waals surface area contributed by atoms with E-state index in [1.54, 1.807) is 55.6 Å². The Morgan fingerprint density at radius 2 is 1.79 bits per heavy atom. The molecule has 0 fully saturated rings. The normalized spacial score (nSPS) is 11.8. The van der Waals surface area contributed by atoms with E-state index < -0.39 is 11.9 Å². The minimum absolute atomic E-state index is 0.0655. The smallest absolute Gasteiger partial charge is 0.278 e. The number of aromatic nitrogens is 2. The Morgan fingerprint density at radius 3 is 2.36 bits per heavy atom. The molecule has 2 aromatic carbocycles. The van der Waals surface area contributed by atoms with E-state index in [1.807, 2.05) is 0 Å². The summed E-state index contributed by atoms with van der Waals surface area (Å²) in [5, 5.41) is 4.95. The number of hydrogen-bond donors (Lipinski definition) is 2. The Hall–Kier alpha value is -3.16. The fourth-order valence-corrected chi connectivity index (χ4v) is 2.91. The zero-order valence-corrected chi connectivity index (χ0v) is 15.9. The van der Waals surface area contributed by atoms with Crippen LogP contribution in [-0.4, -0.2) is 28.7 Å². The predicted molar refractivity (Wildman–Crippen MR) is 106 cm³/mol. The van der Waals surface area contributed by atoms with Crippen molar-refractivity contribution in [1.29, 1.82) is 0 Å². The number of carbonyl (C=O) groups is 2. The maximum atomic E-state index is 12.8. The molecule has 1 aromatic heterocycles. The Balaban J connectivity index is 2.04. The van der Waals surface area contributed by atoms with Gasteiger partial charge in [0.05, 0.1) is 12.8 Å². The second kappa shape index (κ2) is 8.24. The lowest BCUT2D eigenvalue weighted by molar-refractivity contribution is -0.118. The third-order valence-corrected chi connectivity index (χ3v) is 4.48. The minimum Gasteiger partial charge on any atom is -0.497 e. The van der Waals surface area contributed by atoms with Gasteiger partial charge in [-0.05, 0) is 48.5 Å². The molecule has 0 aliphatic carbocycles. The first kappa shape index (κ1) is 19.6. The van der Waals surface area contributed by atoms with E-state index in [9.17, 15) is 9.59 Å². The molecule has 0 bridgehead atoms. The second-order valence-corrected chi connectivity index (χ2v) is 6.63. The highest BCUT2D eigenvalue weighted by Crippen LogP contribution is 2.29. The number of nitrogens with zero attached hydrogens (tertiary/aromatic N) is 2. The zero-order chi connectivity index (χ0) is 20.3. The van der Waals surface area contributed by atoms with Gasteiger partial charge in [-0.1, -0.05) is 11.6 Å². The first-order valence-corrected chi connectivity index (χ1v) is 8.85. The molecule has 1 unspecified atom stereocenters. The number of hydrogen-bond acceptors (Lipinski definition) is 5. The molecule has 7 nitrogen and oxygen atoms in total. The Morgan fingerprint density at radius 1 is 1.14 bits per heavy atom. The lowest BCUT2D eigenvalue weighted by Crippen LogP contribution is -2.21. The summed E-state index contributed by atoms with van der Waals surface area (Å²) >= 11 is 5.88. The maximum Gasteiger partial charge on any atom is 0.278 e. The molecule has 4 N–H and O–H groups in total. The van der Waals surface area contributed by atoms with Gasteiger partial charge in [0, 0.05) is 40.4 Å². The van der Waals surface area contributed by atoms with Crippen molar-refractivity contribution in [2.24, 2.45) is 11.5 Å². The summed E-state index contributed by atoms with van der Waals surface area (Å²) in [5.74, 6) is -0.197. The Bertz CT molecular complexity index is 997. The lowest BCUT2D eigenvalue weighted by Gasteiger charge is -2.09. The van der Waals surface area contributed by atoms with Gasteiger partial charge in [-0.25, -0.2) is 4.68 Å². The van der Waals surface area contributed by atoms with Crippen LogP contribution < -0.4 is 16.2 Å². The number of primary amides is 1. The molecule has 0 saturated heterocycles. The van der Waals surface area contributed by atoms with Crippen LogP contribution in [0, 0.1) is 0 Å². The molecule has 0 saturated carbocycles. The number of amides is 1. The van der Waals surface area contributed by atoms with Gasteiger partial charge >= 0.3 is 0 Å². The molecule has 8 heteroatoms. The van der Waals surface area contributed by atoms with E-state index in [0.29, 0.717) is 27.6 Å². The van der Waals surface area contributed by atoms with Crippen molar-refractivity contribution in [3.63, 3.8) is 0 Å². The topological polar surface area (TPSA) is 113 Å². The van der Waals surface area contributed by atoms with Crippen LogP contribution in [-0.2, 0) is 4.79 Å². The van der Waals surface area contributed by atoms with Crippen molar-refractivity contribution in [2.45, 2.75) is 12.5 Å². The van der Waals surface area contributed by atoms with E-state index in [2.05, 4.69) is 5.10 Å². The highest BCUT2D eigenvalue weighted by molar-refractivity contribution is 6.30. The average molecular weight is 399 g/mol. The highest BCUT2D eigenvalue weighted by atomic mass is 35.5. The summed E-state index contributed by atoms with van der Waals surface area (Å²) in [5.41, 5.74) is 13.6. The van der Waals surface area contributed by atoms with E-state index in [-0.39, 0.29) is 12.3 Å². The van der Waals surface area contributed by atoms with Crippen LogP contribution in [0.3, 0.4) is 0 Å². The van der Waals surface area contributed by atoms with Gasteiger partial charge in [-0.15, -0.1) is 0 Å². The van der Waals surface area contributed by atoms with Crippen LogP contribution in [0.2, 0.25) is 5.02 Å². The van der Waals surface area contributed by atoms with E-state index in [4.69, 9.17) is 27.8 Å². The summed E-state index contributed by atoms with van der Waals surface area (Å²) < 4.78 is 6.38. The quantitative estimate of drug-likeness (QED) is 0.662. The molecule has 0 aliphatic heterocycles. The van der Waals surface area contributed by atoms with Gasteiger partial charge in [-0.2, -0.15) is 5.10 Å². The minimum atomic E-state index is -0.693. The van der Waals surface area contributed by atoms with Crippen LogP contribution in [0.25, 0.3) is 11.3 Å². The van der Waals surface area contributed by atoms with Crippen molar-refractivity contribution in [2.75, 3.05) is 7.11 Å². The molecular formula is C20H19ClN4O3. The number of nitrogens with two attached hydrogens (primary N) is 2. The molecule has 0 radical (unpaired) electrons. The summed E-state index contributed by atoms with van der Waals surface area (Å²) in [7, 11) is 1.57. The van der Waals surface area contributed by atoms with Crippen LogP contribution in [0.1, 0.15) is 28.4 Å². The number of carbonyl (C=O) groups excluding carboxylic acids is 2. The molecular weight excluding hydrogens is 380 g/mol. The van der Waals surface area contributed by atoms with Gasteiger partial charge in [0.25, 0.3) is 5.91 Å². The summed E-state index contributed by atoms with van der Waals surface area (Å²) in [4.78, 5) is 24.1. The van der Waals surface area contributed by atoms with Crippen LogP contribution in [0.4, 0.5) is 0 Å². The standard InChI is InChI=1S/C20H19ClN4O3/c1-28-15-8-4-12(5-9-15)19-16(17(22)10-18(23)26)11-25(24-19)20(27)13-2-6-14(21)7-3-13/h2-9,11,17H,10,22H2,1H3,(H2,23,26). The summed E-state index contributed by atoms with van der Waals surface area (Å²) in [6.07, 6.45) is 1.47. The van der Waals surface area contributed by atoms with Crippen molar-refractivity contribution in [3.8, 4) is 17.0 Å². The molecule has 0 spiro atoms. The molecule has 1 heterocycles. The molecule has 1 atom stereocenters. The van der Waals surface area contributed by atoms with Crippen molar-refractivity contribution in [3.05, 3.63) is 70.9 Å². The van der Waals surface area contributed by atoms with Gasteiger partial charge in [0.1, 0.15) is 5.75 Å². The Kier molecular flexibility index (Phi) is 5.77. The summed E-state index contributed by atoms with van der Waals surface area (Å²) in [6, 6.07) is 13.0. The molecule has 3 rings (SSSR count). The van der Waals surface area contributed by atoms with E-state index in [0.717, 1.165) is 5.56 Å². The third kappa shape index (κ3) is 4.21. The van der Waals surface area contributed by atoms with E-state index in [1.165, 1.54) is 10.9 Å². The highest BCUT2D eigenvalue weighted by Gasteiger charge is 2.22. The van der Waals surface area contributed by atoms with Gasteiger partial charge < -0.3 is 16.2 Å². The molecule has 144 valence electrons. The van der Waals surface area contributed by atoms with Crippen LogP contribution in [0.5, 0.6) is 5.75 Å². The van der Waals surface area contributed by atoms with Crippen LogP contribution >= 0.6 is 11.6 Å². The first-order valence-electron chi connectivity index (χ1n) is 8.47. The predicted octanol–water partition coefficient (Wildman–Crippen LogP) is 2.78. The molecule has 28 heavy (non-hydrogen) atoms. The SMILES string of the molecule is COc1ccc(-c2nn(C(=O)c3ccc(Cl)cc3)cc2C(N)CC(N)=O)cc1. The van der Waals surface area contributed by atoms with E-state index >= 15 is 0 Å². The monoisotopic (exact) mass is 398 g/mol. The third-order valence-electron chi connectivity index (χ3n) is 4.23. The Labute approximate surface area is 166 Å². The lowest BCUT2D eigenvalue weighted by atomic mass is 10.0. The van der Waals surface area contributed by atoms with Crippen molar-refractivity contribution < 1.29 is 14.3 Å². The number of halogens is 1. The van der Waals surface area contributed by atoms with Gasteiger partial charge in [0.2, 0.25) is 5.91 Å². The van der Waals surface area contributed by atoms with Crippen LogP contribution in [0.15, 0.2) is 54.7 Å². The number of benzene rings is 2. The van der Waals surface area contributed by atoms with Crippen molar-refractivity contribution in [1.82, 2.24) is 9.78 Å². The molecule has 3 aromatic rings. The van der Waals surface area contributed by atoms with Gasteiger partial charge in [0.15, 0.2) is 0 Å². The fraction of sp³-hybridized carbons (Fsp3) is 0.150. The van der Waals surface area contributed by atoms with Gasteiger partial charge in [-0.3, -0.25) is 9.59 Å². The number of ether oxygens (including phenoxy) is 1. The first-order chi connectivity index (χ1) is 13.4. The van der Waals surface area contributed by atoms with Crippen molar-refractivity contribution >= 4 is 23.4 Å². The number of methoxy groups -OCH3 is 1. The summed E-state index contributed by atoms with van der Waals surface area (Å²) in [6.45, 7) is 0.